The largest absolute Gasteiger partial charge is 0.480 e. The summed E-state index contributed by atoms with van der Waals surface area (Å²) in [5, 5.41) is 6.33. The minimum absolute atomic E-state index is 0.0438. The van der Waals surface area contributed by atoms with Crippen LogP contribution in [0.15, 0.2) is 49.1 Å². The van der Waals surface area contributed by atoms with Gasteiger partial charge in [-0.1, -0.05) is 6.07 Å². The number of nitrogens with zero attached hydrogens (tertiary/aromatic N) is 6. The second kappa shape index (κ2) is 10.5. The van der Waals surface area contributed by atoms with E-state index in [2.05, 4.69) is 25.4 Å². The topological polar surface area (TPSA) is 158 Å². The SMILES string of the molecule is COc1ncc(-c2cc(C(F)(F)F)c3c(N)ncnn23)cc1C(=O)N[C@@H]1CN(S(=O)(=O)Cc2ccccn2)C[C@@H]1F. The molecular formula is C24H22F4N8O4S. The van der Waals surface area contributed by atoms with E-state index in [4.69, 9.17) is 10.5 Å². The highest BCUT2D eigenvalue weighted by Gasteiger charge is 2.40. The fourth-order valence-electron chi connectivity index (χ4n) is 4.51. The van der Waals surface area contributed by atoms with Crippen LogP contribution >= 0.6 is 0 Å². The first-order chi connectivity index (χ1) is 19.4. The lowest BCUT2D eigenvalue weighted by atomic mass is 10.1. The average molecular weight is 595 g/mol. The summed E-state index contributed by atoms with van der Waals surface area (Å²) < 4.78 is 88.8. The Morgan fingerprint density at radius 1 is 1.20 bits per heavy atom. The van der Waals surface area contributed by atoms with E-state index in [-0.39, 0.29) is 34.9 Å². The molecule has 5 heterocycles. The second-order valence-electron chi connectivity index (χ2n) is 9.12. The highest BCUT2D eigenvalue weighted by Crippen LogP contribution is 2.39. The van der Waals surface area contributed by atoms with Gasteiger partial charge in [0.15, 0.2) is 5.82 Å². The highest BCUT2D eigenvalue weighted by atomic mass is 32.2. The minimum atomic E-state index is -4.79. The van der Waals surface area contributed by atoms with E-state index >= 15 is 0 Å². The summed E-state index contributed by atoms with van der Waals surface area (Å²) in [6, 6.07) is 5.57. The van der Waals surface area contributed by atoms with Crippen LogP contribution < -0.4 is 15.8 Å². The Labute approximate surface area is 230 Å². The Morgan fingerprint density at radius 3 is 2.66 bits per heavy atom. The zero-order chi connectivity index (χ0) is 29.5. The first kappa shape index (κ1) is 28.2. The lowest BCUT2D eigenvalue weighted by Crippen LogP contribution is -2.42. The van der Waals surface area contributed by atoms with Crippen molar-refractivity contribution in [3.8, 4) is 17.1 Å². The summed E-state index contributed by atoms with van der Waals surface area (Å²) in [5.74, 6) is -1.92. The van der Waals surface area contributed by atoms with E-state index in [0.717, 1.165) is 21.2 Å². The quantitative estimate of drug-likeness (QED) is 0.306. The number of hydrogen-bond donors (Lipinski definition) is 2. The standard InChI is InChI=1S/C24H22F4N8O4S/c1-40-23-15(6-13(8-31-23)19-7-16(24(26,27)28)20-21(29)32-12-33-36(19)20)22(37)34-18-10-35(9-17(18)25)41(38,39)11-14-4-2-3-5-30-14/h2-8,12,17-18H,9-11H2,1H3,(H,34,37)(H2,29,32,33)/t17-,18+/m0/s1. The van der Waals surface area contributed by atoms with Gasteiger partial charge in [0.25, 0.3) is 5.91 Å². The predicted molar refractivity (Wildman–Crippen MR) is 137 cm³/mol. The van der Waals surface area contributed by atoms with Gasteiger partial charge in [-0.3, -0.25) is 9.78 Å². The van der Waals surface area contributed by atoms with Gasteiger partial charge in [0.2, 0.25) is 15.9 Å². The van der Waals surface area contributed by atoms with Gasteiger partial charge in [0.1, 0.15) is 29.3 Å². The lowest BCUT2D eigenvalue weighted by molar-refractivity contribution is -0.136. The maximum Gasteiger partial charge on any atom is 0.418 e. The molecule has 17 heteroatoms. The number of nitrogens with two attached hydrogens (primary N) is 1. The van der Waals surface area contributed by atoms with Crippen LogP contribution in [0.25, 0.3) is 16.8 Å². The van der Waals surface area contributed by atoms with Gasteiger partial charge >= 0.3 is 6.18 Å². The Morgan fingerprint density at radius 2 is 1.98 bits per heavy atom. The third-order valence-electron chi connectivity index (χ3n) is 6.45. The zero-order valence-corrected chi connectivity index (χ0v) is 22.0. The number of carbonyl (C=O) groups excluding carboxylic acids is 1. The summed E-state index contributed by atoms with van der Waals surface area (Å²) in [5.41, 5.74) is 4.13. The van der Waals surface area contributed by atoms with Gasteiger partial charge in [-0.25, -0.2) is 27.3 Å². The molecule has 1 aliphatic heterocycles. The molecule has 12 nitrogen and oxygen atoms in total. The smallest absolute Gasteiger partial charge is 0.418 e. The van der Waals surface area contributed by atoms with Crippen molar-refractivity contribution < 1.29 is 35.5 Å². The molecule has 216 valence electrons. The Kier molecular flexibility index (Phi) is 7.24. The predicted octanol–water partition coefficient (Wildman–Crippen LogP) is 2.08. The summed E-state index contributed by atoms with van der Waals surface area (Å²) in [7, 11) is -2.72. The molecule has 1 fully saturated rings. The summed E-state index contributed by atoms with van der Waals surface area (Å²) >= 11 is 0. The highest BCUT2D eigenvalue weighted by molar-refractivity contribution is 7.88. The summed E-state index contributed by atoms with van der Waals surface area (Å²) in [6.45, 7) is -0.820. The normalized spacial score (nSPS) is 18.1. The molecule has 4 aromatic rings. The van der Waals surface area contributed by atoms with E-state index in [1.54, 1.807) is 12.1 Å². The van der Waals surface area contributed by atoms with Gasteiger partial charge in [-0.15, -0.1) is 0 Å². The lowest BCUT2D eigenvalue weighted by Gasteiger charge is -2.17. The number of carbonyl (C=O) groups is 1. The maximum absolute atomic E-state index is 14.9. The third kappa shape index (κ3) is 5.49. The fourth-order valence-corrected chi connectivity index (χ4v) is 5.99. The molecule has 1 saturated heterocycles. The number of amides is 1. The number of halogens is 4. The molecule has 1 amide bonds. The first-order valence-corrected chi connectivity index (χ1v) is 13.6. The van der Waals surface area contributed by atoms with E-state index in [9.17, 15) is 30.8 Å². The van der Waals surface area contributed by atoms with Gasteiger partial charge in [-0.05, 0) is 24.3 Å². The Bertz CT molecular complexity index is 1720. The van der Waals surface area contributed by atoms with E-state index in [1.165, 1.54) is 31.6 Å². The van der Waals surface area contributed by atoms with Crippen molar-refractivity contribution in [2.75, 3.05) is 25.9 Å². The van der Waals surface area contributed by atoms with Gasteiger partial charge in [0, 0.05) is 31.0 Å². The Hall–Kier alpha value is -4.38. The molecule has 0 spiro atoms. The summed E-state index contributed by atoms with van der Waals surface area (Å²) in [4.78, 5) is 24.9. The molecule has 3 N–H and O–H groups in total. The number of pyridine rings is 2. The van der Waals surface area contributed by atoms with Crippen molar-refractivity contribution in [1.82, 2.24) is 34.2 Å². The number of fused-ring (bicyclic) bond motifs is 1. The van der Waals surface area contributed by atoms with E-state index < -0.39 is 63.5 Å². The average Bonchev–Trinajstić information content (AvgIpc) is 3.51. The monoisotopic (exact) mass is 594 g/mol. The number of alkyl halides is 4. The second-order valence-corrected chi connectivity index (χ2v) is 11.1. The van der Waals surface area contributed by atoms with Crippen LogP contribution in [0.5, 0.6) is 5.88 Å². The number of sulfonamides is 1. The van der Waals surface area contributed by atoms with Crippen LogP contribution in [-0.4, -0.2) is 75.6 Å². The van der Waals surface area contributed by atoms with Crippen molar-refractivity contribution >= 4 is 27.3 Å². The molecule has 0 aromatic carbocycles. The molecular weight excluding hydrogens is 572 g/mol. The number of methoxy groups -OCH3 is 1. The van der Waals surface area contributed by atoms with Crippen LogP contribution in [-0.2, 0) is 22.0 Å². The van der Waals surface area contributed by atoms with Crippen LogP contribution in [0.1, 0.15) is 21.6 Å². The number of hydrogen-bond acceptors (Lipinski definition) is 9. The maximum atomic E-state index is 14.9. The minimum Gasteiger partial charge on any atom is -0.480 e. The van der Waals surface area contributed by atoms with Crippen LogP contribution in [0, 0.1) is 0 Å². The van der Waals surface area contributed by atoms with Crippen molar-refractivity contribution in [2.45, 2.75) is 24.1 Å². The van der Waals surface area contributed by atoms with Crippen molar-refractivity contribution in [3.63, 3.8) is 0 Å². The van der Waals surface area contributed by atoms with E-state index in [0.29, 0.717) is 0 Å². The molecule has 5 rings (SSSR count). The Balaban J connectivity index is 1.42. The van der Waals surface area contributed by atoms with Crippen molar-refractivity contribution in [3.05, 3.63) is 65.9 Å². The first-order valence-electron chi connectivity index (χ1n) is 12.0. The third-order valence-corrected chi connectivity index (χ3v) is 8.20. The number of ether oxygens (including phenoxy) is 1. The fraction of sp³-hybridized carbons (Fsp3) is 0.292. The molecule has 0 bridgehead atoms. The molecule has 41 heavy (non-hydrogen) atoms. The number of nitrogens with one attached hydrogen (secondary N) is 1. The van der Waals surface area contributed by atoms with Crippen molar-refractivity contribution in [1.29, 1.82) is 0 Å². The number of anilines is 1. The molecule has 2 atom stereocenters. The molecule has 0 radical (unpaired) electrons. The van der Waals surface area contributed by atoms with Crippen LogP contribution in [0.2, 0.25) is 0 Å². The molecule has 0 unspecified atom stereocenters. The zero-order valence-electron chi connectivity index (χ0n) is 21.2. The van der Waals surface area contributed by atoms with E-state index in [1.807, 2.05) is 0 Å². The number of nitrogen functional groups attached to an aromatic ring is 1. The van der Waals surface area contributed by atoms with Gasteiger partial charge < -0.3 is 15.8 Å². The number of aromatic nitrogens is 5. The van der Waals surface area contributed by atoms with Crippen LogP contribution in [0.4, 0.5) is 23.4 Å². The molecule has 4 aromatic heterocycles. The van der Waals surface area contributed by atoms with Crippen LogP contribution in [0.3, 0.4) is 0 Å². The summed E-state index contributed by atoms with van der Waals surface area (Å²) in [6.07, 6.45) is -2.93. The van der Waals surface area contributed by atoms with Crippen molar-refractivity contribution in [2.24, 2.45) is 0 Å². The molecule has 1 aliphatic rings. The molecule has 0 aliphatic carbocycles. The van der Waals surface area contributed by atoms with Gasteiger partial charge in [-0.2, -0.15) is 22.6 Å². The van der Waals surface area contributed by atoms with Gasteiger partial charge in [0.05, 0.1) is 30.1 Å². The molecule has 0 saturated carbocycles. The number of rotatable bonds is 7.